The largest absolute Gasteiger partial charge is 0.463 e. The maximum atomic E-state index is 13.2. The molecule has 1 heterocycles. The number of allylic oxidation sites excluding steroid dienone is 3. The third-order valence-corrected chi connectivity index (χ3v) is 5.83. The lowest BCUT2D eigenvalue weighted by molar-refractivity contribution is -0.138. The number of carbonyl (C=O) groups excluding carboxylic acids is 2. The normalized spacial score (nSPS) is 21.7. The number of esters is 1. The third kappa shape index (κ3) is 3.98. The Morgan fingerprint density at radius 2 is 2.04 bits per heavy atom. The molecule has 27 heavy (non-hydrogen) atoms. The first-order valence-corrected chi connectivity index (χ1v) is 10.5. The molecule has 1 aliphatic heterocycles. The number of hydrogen-bond acceptors (Lipinski definition) is 4. The van der Waals surface area contributed by atoms with Crippen molar-refractivity contribution in [3.8, 4) is 0 Å². The second kappa shape index (κ2) is 7.78. The highest BCUT2D eigenvalue weighted by Gasteiger charge is 2.43. The maximum Gasteiger partial charge on any atom is 0.336 e. The van der Waals surface area contributed by atoms with Crippen molar-refractivity contribution in [3.05, 3.63) is 55.9 Å². The van der Waals surface area contributed by atoms with E-state index in [-0.39, 0.29) is 23.1 Å². The summed E-state index contributed by atoms with van der Waals surface area (Å²) in [4.78, 5) is 26.0. The molecule has 1 aliphatic carbocycles. The van der Waals surface area contributed by atoms with Crippen LogP contribution in [0.1, 0.15) is 58.4 Å². The number of halogens is 1. The summed E-state index contributed by atoms with van der Waals surface area (Å²) in [6, 6.07) is 8.05. The summed E-state index contributed by atoms with van der Waals surface area (Å²) >= 11 is 2.27. The molecule has 0 aromatic heterocycles. The number of rotatable bonds is 4. The molecule has 0 saturated carbocycles. The first kappa shape index (κ1) is 20.1. The predicted octanol–water partition coefficient (Wildman–Crippen LogP) is 4.85. The molecule has 5 heteroatoms. The van der Waals surface area contributed by atoms with Gasteiger partial charge in [0.2, 0.25) is 0 Å². The van der Waals surface area contributed by atoms with Gasteiger partial charge in [-0.3, -0.25) is 4.79 Å². The van der Waals surface area contributed by atoms with E-state index in [0.29, 0.717) is 25.0 Å². The monoisotopic (exact) mass is 479 g/mol. The number of ether oxygens (including phenoxy) is 1. The van der Waals surface area contributed by atoms with Crippen molar-refractivity contribution in [1.29, 1.82) is 0 Å². The second-order valence-corrected chi connectivity index (χ2v) is 9.16. The van der Waals surface area contributed by atoms with Crippen molar-refractivity contribution < 1.29 is 14.3 Å². The van der Waals surface area contributed by atoms with Crippen LogP contribution in [0.2, 0.25) is 0 Å². The molecule has 0 amide bonds. The highest BCUT2D eigenvalue weighted by atomic mass is 127. The van der Waals surface area contributed by atoms with Gasteiger partial charge in [-0.2, -0.15) is 0 Å². The van der Waals surface area contributed by atoms with Gasteiger partial charge in [-0.15, -0.1) is 0 Å². The summed E-state index contributed by atoms with van der Waals surface area (Å²) in [6.07, 6.45) is 1.97. The number of Topliss-reactive ketones (excluding diaryl/α,β-unsaturated/α-hetero) is 1. The van der Waals surface area contributed by atoms with E-state index in [9.17, 15) is 9.59 Å². The fourth-order valence-electron chi connectivity index (χ4n) is 4.10. The van der Waals surface area contributed by atoms with Gasteiger partial charge in [0.25, 0.3) is 0 Å². The van der Waals surface area contributed by atoms with Crippen LogP contribution in [0.4, 0.5) is 0 Å². The van der Waals surface area contributed by atoms with Crippen LogP contribution in [-0.4, -0.2) is 18.4 Å². The molecule has 0 radical (unpaired) electrons. The zero-order chi connectivity index (χ0) is 19.8. The van der Waals surface area contributed by atoms with Crippen LogP contribution < -0.4 is 5.32 Å². The molecule has 1 atom stereocenters. The molecule has 2 aliphatic rings. The molecule has 1 aromatic rings. The molecule has 0 bridgehead atoms. The maximum absolute atomic E-state index is 13.2. The van der Waals surface area contributed by atoms with Gasteiger partial charge >= 0.3 is 5.97 Å². The Morgan fingerprint density at radius 3 is 2.67 bits per heavy atom. The van der Waals surface area contributed by atoms with Gasteiger partial charge < -0.3 is 10.1 Å². The van der Waals surface area contributed by atoms with E-state index in [1.807, 2.05) is 25.1 Å². The average Bonchev–Trinajstić information content (AvgIpc) is 2.59. The topological polar surface area (TPSA) is 55.4 Å². The third-order valence-electron chi connectivity index (χ3n) is 5.16. The lowest BCUT2D eigenvalue weighted by Gasteiger charge is -2.40. The summed E-state index contributed by atoms with van der Waals surface area (Å²) in [6.45, 7) is 8.37. The van der Waals surface area contributed by atoms with Gasteiger partial charge in [0, 0.05) is 32.9 Å². The number of hydrogen-bond donors (Lipinski definition) is 1. The van der Waals surface area contributed by atoms with Crippen molar-refractivity contribution >= 4 is 34.3 Å². The summed E-state index contributed by atoms with van der Waals surface area (Å²) in [5.74, 6) is -0.585. The van der Waals surface area contributed by atoms with Crippen molar-refractivity contribution in [1.82, 2.24) is 5.32 Å². The lowest BCUT2D eigenvalue weighted by atomic mass is 9.68. The van der Waals surface area contributed by atoms with Crippen LogP contribution in [-0.2, 0) is 14.3 Å². The van der Waals surface area contributed by atoms with E-state index < -0.39 is 0 Å². The molecule has 1 aromatic carbocycles. The van der Waals surface area contributed by atoms with E-state index in [1.54, 1.807) is 6.92 Å². The zero-order valence-corrected chi connectivity index (χ0v) is 18.5. The van der Waals surface area contributed by atoms with Crippen LogP contribution in [0.5, 0.6) is 0 Å². The van der Waals surface area contributed by atoms with Gasteiger partial charge in [-0.05, 0) is 65.5 Å². The summed E-state index contributed by atoms with van der Waals surface area (Å²) in [7, 11) is 0. The fraction of sp³-hybridized carbons (Fsp3) is 0.455. The number of carbonyl (C=O) groups is 2. The Hall–Kier alpha value is -1.63. The van der Waals surface area contributed by atoms with Gasteiger partial charge in [-0.1, -0.05) is 32.9 Å². The minimum absolute atomic E-state index is 0.0845. The van der Waals surface area contributed by atoms with Gasteiger partial charge in [0.1, 0.15) is 0 Å². The van der Waals surface area contributed by atoms with Crippen LogP contribution in [0.15, 0.2) is 46.8 Å². The lowest BCUT2D eigenvalue weighted by Crippen LogP contribution is -2.39. The van der Waals surface area contributed by atoms with E-state index in [0.717, 1.165) is 32.5 Å². The van der Waals surface area contributed by atoms with E-state index >= 15 is 0 Å². The minimum atomic E-state index is -0.367. The van der Waals surface area contributed by atoms with E-state index in [2.05, 4.69) is 47.8 Å². The molecular formula is C22H26INO3. The molecule has 0 unspecified atom stereocenters. The minimum Gasteiger partial charge on any atom is -0.463 e. The Balaban J connectivity index is 2.22. The standard InChI is InChI=1S/C22H26INO3/c1-5-15-20(21(26)27-6-2)18(13-8-7-9-14(23)10-13)19-16(24-15)11-22(3,4)12-17(19)25/h7-10,18,24H,5-6,11-12H2,1-4H3/t18-/m1/s1. The Kier molecular flexibility index (Phi) is 5.79. The van der Waals surface area contributed by atoms with Crippen LogP contribution in [0, 0.1) is 8.99 Å². The van der Waals surface area contributed by atoms with Gasteiger partial charge in [0.15, 0.2) is 5.78 Å². The van der Waals surface area contributed by atoms with E-state index in [4.69, 9.17) is 4.74 Å². The molecule has 144 valence electrons. The highest BCUT2D eigenvalue weighted by molar-refractivity contribution is 14.1. The van der Waals surface area contributed by atoms with Crippen molar-refractivity contribution in [2.24, 2.45) is 5.41 Å². The first-order valence-electron chi connectivity index (χ1n) is 9.46. The van der Waals surface area contributed by atoms with Crippen LogP contribution in [0.3, 0.4) is 0 Å². The number of dihydropyridines is 1. The Bertz CT molecular complexity index is 851. The molecule has 0 spiro atoms. The van der Waals surface area contributed by atoms with Gasteiger partial charge in [0.05, 0.1) is 12.2 Å². The Morgan fingerprint density at radius 1 is 1.30 bits per heavy atom. The average molecular weight is 479 g/mol. The molecule has 3 rings (SSSR count). The second-order valence-electron chi connectivity index (χ2n) is 7.91. The van der Waals surface area contributed by atoms with E-state index in [1.165, 1.54) is 0 Å². The summed E-state index contributed by atoms with van der Waals surface area (Å²) < 4.78 is 6.46. The molecule has 1 N–H and O–H groups in total. The van der Waals surface area contributed by atoms with Gasteiger partial charge in [-0.25, -0.2) is 4.79 Å². The van der Waals surface area contributed by atoms with Crippen LogP contribution >= 0.6 is 22.6 Å². The van der Waals surface area contributed by atoms with Crippen molar-refractivity contribution in [2.45, 2.75) is 52.9 Å². The molecule has 0 saturated heterocycles. The van der Waals surface area contributed by atoms with Crippen LogP contribution in [0.25, 0.3) is 0 Å². The highest BCUT2D eigenvalue weighted by Crippen LogP contribution is 2.47. The zero-order valence-electron chi connectivity index (χ0n) is 16.3. The molecule has 4 nitrogen and oxygen atoms in total. The smallest absolute Gasteiger partial charge is 0.336 e. The molecule has 0 fully saturated rings. The summed E-state index contributed by atoms with van der Waals surface area (Å²) in [5.41, 5.74) is 4.02. The van der Waals surface area contributed by atoms with Crippen molar-refractivity contribution in [2.75, 3.05) is 6.61 Å². The predicted molar refractivity (Wildman–Crippen MR) is 114 cm³/mol. The fourth-order valence-corrected chi connectivity index (χ4v) is 4.66. The van der Waals surface area contributed by atoms with Crippen molar-refractivity contribution in [3.63, 3.8) is 0 Å². The number of benzene rings is 1. The number of ketones is 1. The Labute approximate surface area is 174 Å². The summed E-state index contributed by atoms with van der Waals surface area (Å²) in [5, 5.41) is 3.43. The molecular weight excluding hydrogens is 453 g/mol. The quantitative estimate of drug-likeness (QED) is 0.496. The number of nitrogens with one attached hydrogen (secondary N) is 1. The first-order chi connectivity index (χ1) is 12.8. The SMILES string of the molecule is CCOC(=O)C1=C(CC)NC2=C(C(=O)CC(C)(C)C2)[C@H]1c1cccc(I)c1.